The topological polar surface area (TPSA) is 66.6 Å². The first-order chi connectivity index (χ1) is 8.57. The Morgan fingerprint density at radius 1 is 1.28 bits per heavy atom. The SMILES string of the molecule is CCC(CC)(CN)C(=O)N1C2CCC1CC(O)C2. The third kappa shape index (κ3) is 2.05. The van der Waals surface area contributed by atoms with Gasteiger partial charge in [0.25, 0.3) is 0 Å². The fourth-order valence-corrected chi connectivity index (χ4v) is 3.68. The average Bonchev–Trinajstić information content (AvgIpc) is 2.64. The number of carbonyl (C=O) groups is 1. The van der Waals surface area contributed by atoms with Gasteiger partial charge >= 0.3 is 0 Å². The summed E-state index contributed by atoms with van der Waals surface area (Å²) in [5.74, 6) is 0.231. The Morgan fingerprint density at radius 2 is 1.78 bits per heavy atom. The molecule has 0 radical (unpaired) electrons. The molecule has 2 rings (SSSR count). The van der Waals surface area contributed by atoms with E-state index in [1.165, 1.54) is 0 Å². The molecule has 4 heteroatoms. The molecule has 1 amide bonds. The molecule has 4 nitrogen and oxygen atoms in total. The van der Waals surface area contributed by atoms with E-state index in [-0.39, 0.29) is 29.5 Å². The molecule has 2 heterocycles. The summed E-state index contributed by atoms with van der Waals surface area (Å²) in [6, 6.07) is 0.491. The summed E-state index contributed by atoms with van der Waals surface area (Å²) in [6.45, 7) is 4.53. The number of piperidine rings is 1. The van der Waals surface area contributed by atoms with Crippen LogP contribution in [-0.2, 0) is 4.79 Å². The lowest BCUT2D eigenvalue weighted by molar-refractivity contribution is -0.148. The number of rotatable bonds is 4. The smallest absolute Gasteiger partial charge is 0.230 e. The predicted molar refractivity (Wildman–Crippen MR) is 71.0 cm³/mol. The van der Waals surface area contributed by atoms with Crippen LogP contribution >= 0.6 is 0 Å². The van der Waals surface area contributed by atoms with Gasteiger partial charge in [-0.3, -0.25) is 4.79 Å². The lowest BCUT2D eigenvalue weighted by Gasteiger charge is -2.43. The standard InChI is InChI=1S/C14H26N2O2/c1-3-14(4-2,9-15)13(18)16-10-5-6-11(16)8-12(17)7-10/h10-12,17H,3-9,15H2,1-2H3. The highest BCUT2D eigenvalue weighted by atomic mass is 16.3. The maximum atomic E-state index is 12.8. The van der Waals surface area contributed by atoms with Gasteiger partial charge in [0.2, 0.25) is 5.91 Å². The minimum atomic E-state index is -0.386. The van der Waals surface area contributed by atoms with Crippen molar-refractivity contribution in [2.75, 3.05) is 6.54 Å². The molecular formula is C14H26N2O2. The largest absolute Gasteiger partial charge is 0.393 e. The molecule has 2 atom stereocenters. The van der Waals surface area contributed by atoms with Gasteiger partial charge in [0.05, 0.1) is 11.5 Å². The molecule has 0 aromatic rings. The van der Waals surface area contributed by atoms with Gasteiger partial charge in [-0.2, -0.15) is 0 Å². The molecular weight excluding hydrogens is 228 g/mol. The Balaban J connectivity index is 2.19. The second kappa shape index (κ2) is 5.17. The van der Waals surface area contributed by atoms with Crippen LogP contribution in [0, 0.1) is 5.41 Å². The first-order valence-corrected chi connectivity index (χ1v) is 7.28. The number of aliphatic hydroxyl groups excluding tert-OH is 1. The molecule has 2 unspecified atom stereocenters. The molecule has 2 aliphatic rings. The zero-order chi connectivity index (χ0) is 13.3. The summed E-state index contributed by atoms with van der Waals surface area (Å²) in [4.78, 5) is 14.9. The quantitative estimate of drug-likeness (QED) is 0.794. The number of aliphatic hydroxyl groups is 1. The Bertz CT molecular complexity index is 293. The fraction of sp³-hybridized carbons (Fsp3) is 0.929. The van der Waals surface area contributed by atoms with Gasteiger partial charge in [-0.15, -0.1) is 0 Å². The summed E-state index contributed by atoms with van der Waals surface area (Å²) in [5.41, 5.74) is 5.49. The molecule has 104 valence electrons. The monoisotopic (exact) mass is 254 g/mol. The van der Waals surface area contributed by atoms with Crippen molar-refractivity contribution in [2.24, 2.45) is 11.1 Å². The lowest BCUT2D eigenvalue weighted by atomic mass is 9.79. The summed E-state index contributed by atoms with van der Waals surface area (Å²) in [5, 5.41) is 9.80. The molecule has 0 aliphatic carbocycles. The zero-order valence-corrected chi connectivity index (χ0v) is 11.6. The molecule has 2 bridgehead atoms. The van der Waals surface area contributed by atoms with Crippen molar-refractivity contribution in [1.29, 1.82) is 0 Å². The highest BCUT2D eigenvalue weighted by Gasteiger charge is 2.48. The first-order valence-electron chi connectivity index (χ1n) is 7.28. The van der Waals surface area contributed by atoms with Gasteiger partial charge in [-0.05, 0) is 38.5 Å². The molecule has 3 N–H and O–H groups in total. The van der Waals surface area contributed by atoms with E-state index < -0.39 is 0 Å². The van der Waals surface area contributed by atoms with Crippen molar-refractivity contribution in [3.63, 3.8) is 0 Å². The van der Waals surface area contributed by atoms with Crippen molar-refractivity contribution in [2.45, 2.75) is 70.6 Å². The number of hydrogen-bond acceptors (Lipinski definition) is 3. The molecule has 0 aromatic carbocycles. The van der Waals surface area contributed by atoms with Crippen molar-refractivity contribution in [3.8, 4) is 0 Å². The zero-order valence-electron chi connectivity index (χ0n) is 11.6. The number of nitrogens with two attached hydrogens (primary N) is 1. The molecule has 0 saturated carbocycles. The van der Waals surface area contributed by atoms with Crippen molar-refractivity contribution >= 4 is 5.91 Å². The van der Waals surface area contributed by atoms with Crippen LogP contribution in [0.5, 0.6) is 0 Å². The number of nitrogens with zero attached hydrogens (tertiary/aromatic N) is 1. The van der Waals surface area contributed by atoms with E-state index in [1.807, 2.05) is 0 Å². The summed E-state index contributed by atoms with van der Waals surface area (Å²) >= 11 is 0. The molecule has 0 aromatic heterocycles. The van der Waals surface area contributed by atoms with Gasteiger partial charge in [-0.25, -0.2) is 0 Å². The van der Waals surface area contributed by atoms with Crippen LogP contribution in [0.1, 0.15) is 52.4 Å². The Hall–Kier alpha value is -0.610. The minimum Gasteiger partial charge on any atom is -0.393 e. The van der Waals surface area contributed by atoms with Crippen molar-refractivity contribution < 1.29 is 9.90 Å². The number of hydrogen-bond donors (Lipinski definition) is 2. The van der Waals surface area contributed by atoms with Crippen LogP contribution in [0.3, 0.4) is 0 Å². The van der Waals surface area contributed by atoms with Crippen LogP contribution < -0.4 is 5.73 Å². The summed E-state index contributed by atoms with van der Waals surface area (Å²) < 4.78 is 0. The third-order valence-corrected chi connectivity index (χ3v) is 5.14. The third-order valence-electron chi connectivity index (χ3n) is 5.14. The maximum absolute atomic E-state index is 12.8. The minimum absolute atomic E-state index is 0.220. The van der Waals surface area contributed by atoms with Crippen LogP contribution in [0.25, 0.3) is 0 Å². The normalized spacial score (nSPS) is 31.8. The number of fused-ring (bicyclic) bond motifs is 2. The Kier molecular flexibility index (Phi) is 3.97. The van der Waals surface area contributed by atoms with E-state index in [1.54, 1.807) is 0 Å². The number of amides is 1. The van der Waals surface area contributed by atoms with Gasteiger partial charge in [0, 0.05) is 18.6 Å². The molecule has 2 aliphatic heterocycles. The lowest BCUT2D eigenvalue weighted by Crippen LogP contribution is -2.55. The molecule has 2 fully saturated rings. The van der Waals surface area contributed by atoms with Crippen molar-refractivity contribution in [1.82, 2.24) is 4.90 Å². The van der Waals surface area contributed by atoms with E-state index in [0.29, 0.717) is 6.54 Å². The van der Waals surface area contributed by atoms with Crippen LogP contribution in [0.2, 0.25) is 0 Å². The average molecular weight is 254 g/mol. The van der Waals surface area contributed by atoms with E-state index in [2.05, 4.69) is 18.7 Å². The molecule has 2 saturated heterocycles. The van der Waals surface area contributed by atoms with Gasteiger partial charge in [-0.1, -0.05) is 13.8 Å². The van der Waals surface area contributed by atoms with E-state index in [9.17, 15) is 9.90 Å². The highest BCUT2D eigenvalue weighted by molar-refractivity contribution is 5.84. The van der Waals surface area contributed by atoms with Crippen LogP contribution in [0.15, 0.2) is 0 Å². The van der Waals surface area contributed by atoms with Gasteiger partial charge < -0.3 is 15.7 Å². The fourth-order valence-electron chi connectivity index (χ4n) is 3.68. The second-order valence-electron chi connectivity index (χ2n) is 5.91. The van der Waals surface area contributed by atoms with Gasteiger partial charge in [0.1, 0.15) is 0 Å². The Labute approximate surface area is 110 Å². The Morgan fingerprint density at radius 3 is 2.17 bits per heavy atom. The summed E-state index contributed by atoms with van der Waals surface area (Å²) in [6.07, 6.45) is 4.96. The van der Waals surface area contributed by atoms with E-state index >= 15 is 0 Å². The number of carbonyl (C=O) groups excluding carboxylic acids is 1. The van der Waals surface area contributed by atoms with Crippen LogP contribution in [0.4, 0.5) is 0 Å². The van der Waals surface area contributed by atoms with Crippen LogP contribution in [-0.4, -0.2) is 40.6 Å². The molecule has 18 heavy (non-hydrogen) atoms. The summed E-state index contributed by atoms with van der Waals surface area (Å²) in [7, 11) is 0. The molecule has 0 spiro atoms. The highest BCUT2D eigenvalue weighted by Crippen LogP contribution is 2.40. The van der Waals surface area contributed by atoms with E-state index in [4.69, 9.17) is 5.73 Å². The maximum Gasteiger partial charge on any atom is 0.230 e. The van der Waals surface area contributed by atoms with E-state index in [0.717, 1.165) is 38.5 Å². The second-order valence-corrected chi connectivity index (χ2v) is 5.91. The van der Waals surface area contributed by atoms with Crippen molar-refractivity contribution in [3.05, 3.63) is 0 Å². The van der Waals surface area contributed by atoms with Gasteiger partial charge in [0.15, 0.2) is 0 Å². The predicted octanol–water partition coefficient (Wildman–Crippen LogP) is 1.27. The first kappa shape index (κ1) is 13.8.